The first-order valence-electron chi connectivity index (χ1n) is 10.3. The highest BCUT2D eigenvalue weighted by Crippen LogP contribution is 2.42. The number of phenolic OH excluding ortho intramolecular Hbond substituents is 1. The van der Waals surface area contributed by atoms with Crippen molar-refractivity contribution in [2.24, 2.45) is 0 Å². The Morgan fingerprint density at radius 1 is 1.09 bits per heavy atom. The number of amides is 1. The maximum Gasteiger partial charge on any atom is 0.295 e. The molecule has 1 fully saturated rings. The van der Waals surface area contributed by atoms with Crippen LogP contribution >= 0.6 is 0 Å². The lowest BCUT2D eigenvalue weighted by atomic mass is 9.95. The highest BCUT2D eigenvalue weighted by Gasteiger charge is 2.46. The summed E-state index contributed by atoms with van der Waals surface area (Å²) in [4.78, 5) is 29.3. The molecule has 3 rings (SSSR count). The Morgan fingerprint density at radius 3 is 2.39 bits per heavy atom. The first-order chi connectivity index (χ1) is 15.7. The largest absolute Gasteiger partial charge is 0.507 e. The van der Waals surface area contributed by atoms with Gasteiger partial charge >= 0.3 is 0 Å². The lowest BCUT2D eigenvalue weighted by Gasteiger charge is -2.26. The molecule has 2 aromatic carbocycles. The molecule has 1 heterocycles. The van der Waals surface area contributed by atoms with Gasteiger partial charge in [-0.2, -0.15) is 0 Å². The minimum absolute atomic E-state index is 0.0180. The van der Waals surface area contributed by atoms with Gasteiger partial charge in [-0.3, -0.25) is 9.59 Å². The number of hydrogen-bond donors (Lipinski definition) is 2. The second-order valence-electron chi connectivity index (χ2n) is 7.93. The Labute approximate surface area is 191 Å². The third-order valence-electron chi connectivity index (χ3n) is 5.49. The van der Waals surface area contributed by atoms with Crippen molar-refractivity contribution in [3.63, 3.8) is 0 Å². The van der Waals surface area contributed by atoms with Gasteiger partial charge < -0.3 is 29.5 Å². The number of ether oxygens (including phenoxy) is 2. The monoisotopic (exact) mass is 458 g/mol. The molecule has 1 aliphatic rings. The first kappa shape index (κ1) is 24.1. The van der Waals surface area contributed by atoms with Crippen molar-refractivity contribution >= 4 is 17.4 Å². The summed E-state index contributed by atoms with van der Waals surface area (Å²) in [6.07, 6.45) is 0.586. The molecule has 1 unspecified atom stereocenters. The Kier molecular flexibility index (Phi) is 7.23. The van der Waals surface area contributed by atoms with Crippen molar-refractivity contribution in [1.29, 1.82) is 0 Å². The summed E-state index contributed by atoms with van der Waals surface area (Å²) in [5.41, 5.74) is 0.335. The van der Waals surface area contributed by atoms with E-state index in [0.29, 0.717) is 18.5 Å². The van der Waals surface area contributed by atoms with Gasteiger partial charge in [0.1, 0.15) is 5.76 Å². The van der Waals surface area contributed by atoms with Crippen molar-refractivity contribution in [3.05, 3.63) is 58.9 Å². The van der Waals surface area contributed by atoms with Crippen molar-refractivity contribution < 1.29 is 33.7 Å². The van der Waals surface area contributed by atoms with Crippen LogP contribution in [0.25, 0.3) is 5.76 Å². The number of aliphatic hydroxyl groups is 1. The second-order valence-corrected chi connectivity index (χ2v) is 7.93. The number of likely N-dealkylation sites (tertiary alicyclic amines) is 1. The highest BCUT2D eigenvalue weighted by atomic mass is 19.1. The Bertz CT molecular complexity index is 1100. The van der Waals surface area contributed by atoms with Crippen LogP contribution in [0.1, 0.15) is 23.6 Å². The van der Waals surface area contributed by atoms with E-state index in [2.05, 4.69) is 0 Å². The molecule has 8 nitrogen and oxygen atoms in total. The number of hydrogen-bond acceptors (Lipinski definition) is 7. The van der Waals surface area contributed by atoms with E-state index in [-0.39, 0.29) is 34.9 Å². The van der Waals surface area contributed by atoms with E-state index < -0.39 is 29.3 Å². The molecule has 1 saturated heterocycles. The van der Waals surface area contributed by atoms with E-state index in [1.165, 1.54) is 43.4 Å². The predicted molar refractivity (Wildman–Crippen MR) is 120 cm³/mol. The maximum atomic E-state index is 14.3. The number of benzene rings is 2. The smallest absolute Gasteiger partial charge is 0.295 e. The van der Waals surface area contributed by atoms with Crippen LogP contribution < -0.4 is 9.47 Å². The van der Waals surface area contributed by atoms with Crippen LogP contribution in [0, 0.1) is 5.82 Å². The van der Waals surface area contributed by atoms with Crippen LogP contribution in [-0.2, 0) is 9.59 Å². The van der Waals surface area contributed by atoms with E-state index in [1.807, 2.05) is 19.0 Å². The fraction of sp³-hybridized carbons (Fsp3) is 0.333. The standard InChI is InChI=1S/C24H27FN2O6/c1-26(2)10-5-11-27-21(14-6-8-17(28)19(13-14)33-4)20(23(30)24(27)31)22(29)15-7-9-18(32-3)16(25)12-15/h6-9,12-13,21,28-29H,5,10-11H2,1-4H3/b22-20+. The van der Waals surface area contributed by atoms with Gasteiger partial charge in [-0.1, -0.05) is 6.07 Å². The quantitative estimate of drug-likeness (QED) is 0.356. The third-order valence-corrected chi connectivity index (χ3v) is 5.49. The molecule has 2 aromatic rings. The molecule has 0 aliphatic carbocycles. The number of ketones is 1. The van der Waals surface area contributed by atoms with E-state index in [4.69, 9.17) is 9.47 Å². The Morgan fingerprint density at radius 2 is 1.79 bits per heavy atom. The van der Waals surface area contributed by atoms with Crippen molar-refractivity contribution in [2.75, 3.05) is 41.4 Å². The van der Waals surface area contributed by atoms with Gasteiger partial charge in [0.2, 0.25) is 0 Å². The lowest BCUT2D eigenvalue weighted by Crippen LogP contribution is -2.32. The molecule has 1 amide bonds. The number of aliphatic hydroxyl groups excluding tert-OH is 1. The van der Waals surface area contributed by atoms with Gasteiger partial charge in [-0.05, 0) is 63.0 Å². The van der Waals surface area contributed by atoms with Gasteiger partial charge in [0.05, 0.1) is 25.8 Å². The molecule has 2 N–H and O–H groups in total. The average Bonchev–Trinajstić information content (AvgIpc) is 3.03. The molecule has 0 saturated carbocycles. The average molecular weight is 458 g/mol. The third kappa shape index (κ3) is 4.78. The normalized spacial score (nSPS) is 17.6. The number of carbonyl (C=O) groups is 2. The van der Waals surface area contributed by atoms with Crippen molar-refractivity contribution in [1.82, 2.24) is 9.80 Å². The summed E-state index contributed by atoms with van der Waals surface area (Å²) in [6.45, 7) is 0.933. The first-order valence-corrected chi connectivity index (χ1v) is 10.3. The number of methoxy groups -OCH3 is 2. The summed E-state index contributed by atoms with van der Waals surface area (Å²) >= 11 is 0. The van der Waals surface area contributed by atoms with Crippen LogP contribution in [0.3, 0.4) is 0 Å². The number of rotatable bonds is 8. The number of nitrogens with zero attached hydrogens (tertiary/aromatic N) is 2. The van der Waals surface area contributed by atoms with Gasteiger partial charge in [-0.15, -0.1) is 0 Å². The van der Waals surface area contributed by atoms with Crippen LogP contribution in [-0.4, -0.2) is 73.1 Å². The highest BCUT2D eigenvalue weighted by molar-refractivity contribution is 6.46. The summed E-state index contributed by atoms with van der Waals surface area (Å²) in [7, 11) is 6.49. The molecule has 0 aromatic heterocycles. The molecule has 1 aliphatic heterocycles. The van der Waals surface area contributed by atoms with Gasteiger partial charge in [0, 0.05) is 12.1 Å². The number of aromatic hydroxyl groups is 1. The SMILES string of the molecule is COc1cc(C2/C(=C(\O)c3ccc(OC)c(F)c3)C(=O)C(=O)N2CCCN(C)C)ccc1O. The van der Waals surface area contributed by atoms with Crippen molar-refractivity contribution in [3.8, 4) is 17.2 Å². The van der Waals surface area contributed by atoms with Gasteiger partial charge in [0.15, 0.2) is 23.1 Å². The molecular formula is C24H27FN2O6. The van der Waals surface area contributed by atoms with Crippen LogP contribution in [0.2, 0.25) is 0 Å². The van der Waals surface area contributed by atoms with E-state index >= 15 is 0 Å². The molecule has 0 spiro atoms. The number of Topliss-reactive ketones (excluding diaryl/α,β-unsaturated/α-hetero) is 1. The summed E-state index contributed by atoms with van der Waals surface area (Å²) < 4.78 is 24.4. The minimum atomic E-state index is -0.938. The fourth-order valence-electron chi connectivity index (χ4n) is 3.85. The van der Waals surface area contributed by atoms with Crippen LogP contribution in [0.15, 0.2) is 42.0 Å². The molecular weight excluding hydrogens is 431 g/mol. The van der Waals surface area contributed by atoms with Gasteiger partial charge in [-0.25, -0.2) is 4.39 Å². The van der Waals surface area contributed by atoms with Crippen LogP contribution in [0.5, 0.6) is 17.2 Å². The molecule has 9 heteroatoms. The molecule has 1 atom stereocenters. The van der Waals surface area contributed by atoms with Crippen LogP contribution in [0.4, 0.5) is 4.39 Å². The second kappa shape index (κ2) is 9.91. The minimum Gasteiger partial charge on any atom is -0.507 e. The van der Waals surface area contributed by atoms with E-state index in [1.54, 1.807) is 6.07 Å². The summed E-state index contributed by atoms with van der Waals surface area (Å²) in [5, 5.41) is 21.0. The Balaban J connectivity index is 2.15. The molecule has 33 heavy (non-hydrogen) atoms. The molecule has 0 radical (unpaired) electrons. The molecule has 176 valence electrons. The Hall–Kier alpha value is -3.59. The zero-order valence-electron chi connectivity index (χ0n) is 19.0. The number of halogens is 1. The maximum absolute atomic E-state index is 14.3. The van der Waals surface area contributed by atoms with E-state index in [9.17, 15) is 24.2 Å². The van der Waals surface area contributed by atoms with E-state index in [0.717, 1.165) is 6.07 Å². The number of phenols is 1. The molecule has 0 bridgehead atoms. The fourth-order valence-corrected chi connectivity index (χ4v) is 3.85. The van der Waals surface area contributed by atoms with Gasteiger partial charge in [0.25, 0.3) is 11.7 Å². The van der Waals surface area contributed by atoms with Crippen molar-refractivity contribution in [2.45, 2.75) is 12.5 Å². The predicted octanol–water partition coefficient (Wildman–Crippen LogP) is 2.92. The number of carbonyl (C=O) groups excluding carboxylic acids is 2. The summed E-state index contributed by atoms with van der Waals surface area (Å²) in [5.74, 6) is -2.82. The lowest BCUT2D eigenvalue weighted by molar-refractivity contribution is -0.139. The zero-order valence-corrected chi connectivity index (χ0v) is 19.0. The zero-order chi connectivity index (χ0) is 24.3. The summed E-state index contributed by atoms with van der Waals surface area (Å²) in [6, 6.07) is 7.29. The topological polar surface area (TPSA) is 99.5 Å².